The standard InChI is InChI=1S/C13H23N3S/c1-3-10(14)12-8-15-9-16(12)11-6-5-7-13(11)17-4-2/h8-11,13H,3-7,14H2,1-2H3/t10-,11?,13?/m1/s1. The first-order valence-corrected chi connectivity index (χ1v) is 7.71. The SMILES string of the molecule is CCSC1CCCC1n1cncc1[C@H](N)CC. The summed E-state index contributed by atoms with van der Waals surface area (Å²) in [7, 11) is 0. The lowest BCUT2D eigenvalue weighted by Gasteiger charge is -2.24. The van der Waals surface area contributed by atoms with Crippen LogP contribution in [0.15, 0.2) is 12.5 Å². The number of hydrogen-bond donors (Lipinski definition) is 1. The minimum absolute atomic E-state index is 0.130. The molecule has 2 rings (SSSR count). The summed E-state index contributed by atoms with van der Waals surface area (Å²) in [5.41, 5.74) is 7.37. The van der Waals surface area contributed by atoms with E-state index in [0.717, 1.165) is 11.7 Å². The van der Waals surface area contributed by atoms with Gasteiger partial charge in [0.25, 0.3) is 0 Å². The molecule has 0 spiro atoms. The molecular formula is C13H23N3S. The molecule has 0 aliphatic heterocycles. The lowest BCUT2D eigenvalue weighted by atomic mass is 10.1. The van der Waals surface area contributed by atoms with E-state index in [1.165, 1.54) is 30.7 Å². The summed E-state index contributed by atoms with van der Waals surface area (Å²) in [6.45, 7) is 4.38. The molecule has 0 bridgehead atoms. The average Bonchev–Trinajstić information content (AvgIpc) is 2.95. The fourth-order valence-electron chi connectivity index (χ4n) is 2.72. The molecule has 3 nitrogen and oxygen atoms in total. The fraction of sp³-hybridized carbons (Fsp3) is 0.769. The van der Waals surface area contributed by atoms with Gasteiger partial charge in [-0.05, 0) is 25.0 Å². The van der Waals surface area contributed by atoms with Gasteiger partial charge in [0.05, 0.1) is 12.0 Å². The summed E-state index contributed by atoms with van der Waals surface area (Å²) in [4.78, 5) is 4.30. The van der Waals surface area contributed by atoms with Gasteiger partial charge >= 0.3 is 0 Å². The van der Waals surface area contributed by atoms with Gasteiger partial charge in [0.15, 0.2) is 0 Å². The van der Waals surface area contributed by atoms with E-state index in [9.17, 15) is 0 Å². The highest BCUT2D eigenvalue weighted by Gasteiger charge is 2.30. The third-order valence-electron chi connectivity index (χ3n) is 3.67. The van der Waals surface area contributed by atoms with Gasteiger partial charge in [0.2, 0.25) is 0 Å². The Morgan fingerprint density at radius 2 is 2.35 bits per heavy atom. The second kappa shape index (κ2) is 5.91. The lowest BCUT2D eigenvalue weighted by molar-refractivity contribution is 0.486. The molecule has 1 aliphatic rings. The van der Waals surface area contributed by atoms with Gasteiger partial charge < -0.3 is 10.3 Å². The highest BCUT2D eigenvalue weighted by molar-refractivity contribution is 7.99. The van der Waals surface area contributed by atoms with Crippen molar-refractivity contribution >= 4 is 11.8 Å². The number of rotatable bonds is 5. The van der Waals surface area contributed by atoms with E-state index >= 15 is 0 Å². The Labute approximate surface area is 108 Å². The van der Waals surface area contributed by atoms with Crippen molar-refractivity contribution in [3.8, 4) is 0 Å². The number of aromatic nitrogens is 2. The molecule has 0 amide bonds. The second-order valence-corrected chi connectivity index (χ2v) is 6.25. The molecule has 0 radical (unpaired) electrons. The van der Waals surface area contributed by atoms with Gasteiger partial charge in [-0.3, -0.25) is 0 Å². The van der Waals surface area contributed by atoms with Crippen LogP contribution in [-0.4, -0.2) is 20.6 Å². The quantitative estimate of drug-likeness (QED) is 0.876. The fourth-order valence-corrected chi connectivity index (χ4v) is 3.97. The van der Waals surface area contributed by atoms with Crippen LogP contribution in [0.5, 0.6) is 0 Å². The van der Waals surface area contributed by atoms with Crippen LogP contribution in [0.25, 0.3) is 0 Å². The maximum atomic E-state index is 6.16. The molecule has 4 heteroatoms. The predicted octanol–water partition coefficient (Wildman–Crippen LogP) is 3.14. The Morgan fingerprint density at radius 1 is 1.53 bits per heavy atom. The van der Waals surface area contributed by atoms with E-state index in [2.05, 4.69) is 35.2 Å². The zero-order valence-electron chi connectivity index (χ0n) is 10.8. The minimum Gasteiger partial charge on any atom is -0.329 e. The van der Waals surface area contributed by atoms with Crippen molar-refractivity contribution in [3.63, 3.8) is 0 Å². The molecule has 1 saturated carbocycles. The molecule has 0 saturated heterocycles. The molecule has 96 valence electrons. The molecule has 1 heterocycles. The van der Waals surface area contributed by atoms with Crippen LogP contribution in [0.3, 0.4) is 0 Å². The second-order valence-electron chi connectivity index (χ2n) is 4.73. The van der Waals surface area contributed by atoms with Crippen molar-refractivity contribution in [2.75, 3.05) is 5.75 Å². The van der Waals surface area contributed by atoms with E-state index < -0.39 is 0 Å². The Balaban J connectivity index is 2.18. The predicted molar refractivity (Wildman–Crippen MR) is 74.3 cm³/mol. The van der Waals surface area contributed by atoms with Gasteiger partial charge in [-0.1, -0.05) is 20.3 Å². The molecule has 0 aromatic carbocycles. The minimum atomic E-state index is 0.130. The molecule has 3 atom stereocenters. The highest BCUT2D eigenvalue weighted by atomic mass is 32.2. The molecule has 2 unspecified atom stereocenters. The zero-order valence-corrected chi connectivity index (χ0v) is 11.6. The Kier molecular flexibility index (Phi) is 4.51. The molecule has 2 N–H and O–H groups in total. The topological polar surface area (TPSA) is 43.8 Å². The van der Waals surface area contributed by atoms with Crippen LogP contribution in [0, 0.1) is 0 Å². The summed E-state index contributed by atoms with van der Waals surface area (Å²) >= 11 is 2.08. The van der Waals surface area contributed by atoms with Gasteiger partial charge in [-0.2, -0.15) is 11.8 Å². The molecular weight excluding hydrogens is 230 g/mol. The van der Waals surface area contributed by atoms with Crippen LogP contribution in [0.1, 0.15) is 57.3 Å². The molecule has 1 aliphatic carbocycles. The monoisotopic (exact) mass is 253 g/mol. The highest BCUT2D eigenvalue weighted by Crippen LogP contribution is 2.39. The van der Waals surface area contributed by atoms with E-state index in [-0.39, 0.29) is 6.04 Å². The van der Waals surface area contributed by atoms with E-state index in [1.807, 2.05) is 12.5 Å². The summed E-state index contributed by atoms with van der Waals surface area (Å²) in [5.74, 6) is 1.20. The van der Waals surface area contributed by atoms with Crippen molar-refractivity contribution < 1.29 is 0 Å². The van der Waals surface area contributed by atoms with Gasteiger partial charge in [0, 0.05) is 23.5 Å². The first-order chi connectivity index (χ1) is 8.27. The van der Waals surface area contributed by atoms with Crippen molar-refractivity contribution in [2.45, 2.75) is 56.9 Å². The molecule has 1 fully saturated rings. The summed E-state index contributed by atoms with van der Waals surface area (Å²) in [6, 6.07) is 0.737. The smallest absolute Gasteiger partial charge is 0.0951 e. The van der Waals surface area contributed by atoms with Crippen molar-refractivity contribution in [3.05, 3.63) is 18.2 Å². The van der Waals surface area contributed by atoms with Crippen LogP contribution >= 0.6 is 11.8 Å². The largest absolute Gasteiger partial charge is 0.329 e. The van der Waals surface area contributed by atoms with Gasteiger partial charge in [-0.25, -0.2) is 4.98 Å². The number of nitrogens with two attached hydrogens (primary N) is 1. The lowest BCUT2D eigenvalue weighted by Crippen LogP contribution is -2.21. The summed E-state index contributed by atoms with van der Waals surface area (Å²) in [6.07, 6.45) is 8.84. The van der Waals surface area contributed by atoms with Crippen LogP contribution in [0.4, 0.5) is 0 Å². The number of imidazole rings is 1. The van der Waals surface area contributed by atoms with Gasteiger partial charge in [0.1, 0.15) is 0 Å². The Morgan fingerprint density at radius 3 is 3.06 bits per heavy atom. The zero-order chi connectivity index (χ0) is 12.3. The van der Waals surface area contributed by atoms with Crippen LogP contribution < -0.4 is 5.73 Å². The first-order valence-electron chi connectivity index (χ1n) is 6.66. The third kappa shape index (κ3) is 2.68. The molecule has 17 heavy (non-hydrogen) atoms. The molecule has 1 aromatic rings. The van der Waals surface area contributed by atoms with E-state index in [1.54, 1.807) is 0 Å². The van der Waals surface area contributed by atoms with E-state index in [0.29, 0.717) is 6.04 Å². The maximum Gasteiger partial charge on any atom is 0.0951 e. The number of nitrogens with zero attached hydrogens (tertiary/aromatic N) is 2. The summed E-state index contributed by atoms with van der Waals surface area (Å²) < 4.78 is 2.34. The first kappa shape index (κ1) is 13.0. The Bertz CT molecular complexity index is 350. The van der Waals surface area contributed by atoms with Crippen molar-refractivity contribution in [2.24, 2.45) is 5.73 Å². The average molecular weight is 253 g/mol. The maximum absolute atomic E-state index is 6.16. The number of thioether (sulfide) groups is 1. The third-order valence-corrected chi connectivity index (χ3v) is 4.98. The Hall–Kier alpha value is -0.480. The van der Waals surface area contributed by atoms with Gasteiger partial charge in [-0.15, -0.1) is 0 Å². The van der Waals surface area contributed by atoms with Crippen molar-refractivity contribution in [1.82, 2.24) is 9.55 Å². The number of hydrogen-bond acceptors (Lipinski definition) is 3. The normalized spacial score (nSPS) is 26.3. The van der Waals surface area contributed by atoms with Crippen molar-refractivity contribution in [1.29, 1.82) is 0 Å². The van der Waals surface area contributed by atoms with E-state index in [4.69, 9.17) is 5.73 Å². The van der Waals surface area contributed by atoms with Crippen LogP contribution in [0.2, 0.25) is 0 Å². The van der Waals surface area contributed by atoms with Crippen LogP contribution in [-0.2, 0) is 0 Å². The summed E-state index contributed by atoms with van der Waals surface area (Å²) in [5, 5.41) is 0.747. The molecule has 1 aromatic heterocycles.